The minimum absolute atomic E-state index is 0.0529. The second kappa shape index (κ2) is 9.02. The van der Waals surface area contributed by atoms with Crippen LogP contribution < -0.4 is 4.72 Å². The van der Waals surface area contributed by atoms with Crippen LogP contribution in [-0.4, -0.2) is 50.1 Å². The normalized spacial score (nSPS) is 15.6. The van der Waals surface area contributed by atoms with E-state index in [2.05, 4.69) is 9.71 Å². The molecule has 0 aliphatic carbocycles. The Hall–Kier alpha value is -1.97. The number of pyridine rings is 1. The van der Waals surface area contributed by atoms with E-state index in [0.717, 1.165) is 6.07 Å². The maximum absolute atomic E-state index is 13.7. The van der Waals surface area contributed by atoms with E-state index in [1.54, 1.807) is 23.2 Å². The highest BCUT2D eigenvalue weighted by Gasteiger charge is 2.27. The fourth-order valence-electron chi connectivity index (χ4n) is 3.19. The van der Waals surface area contributed by atoms with Crippen LogP contribution in [0.25, 0.3) is 0 Å². The van der Waals surface area contributed by atoms with E-state index in [1.807, 2.05) is 6.26 Å². The summed E-state index contributed by atoms with van der Waals surface area (Å²) in [5.74, 6) is -0.723. The molecule has 0 bridgehead atoms. The van der Waals surface area contributed by atoms with Gasteiger partial charge in [-0.2, -0.15) is 0 Å². The molecule has 1 aromatic heterocycles. The van der Waals surface area contributed by atoms with Gasteiger partial charge in [-0.1, -0.05) is 12.1 Å². The average Bonchev–Trinajstić information content (AvgIpc) is 2.72. The van der Waals surface area contributed by atoms with Crippen molar-refractivity contribution in [2.24, 2.45) is 5.92 Å². The smallest absolute Gasteiger partial charge is 0.256 e. The van der Waals surface area contributed by atoms with Gasteiger partial charge in [0.2, 0.25) is 10.0 Å². The Morgan fingerprint density at radius 2 is 1.96 bits per heavy atom. The first-order valence-electron chi connectivity index (χ1n) is 8.95. The molecule has 9 heteroatoms. The van der Waals surface area contributed by atoms with Crippen molar-refractivity contribution in [3.63, 3.8) is 0 Å². The van der Waals surface area contributed by atoms with E-state index in [-0.39, 0.29) is 23.3 Å². The van der Waals surface area contributed by atoms with Gasteiger partial charge in [-0.25, -0.2) is 22.5 Å². The van der Waals surface area contributed by atoms with Crippen molar-refractivity contribution >= 4 is 27.7 Å². The first-order valence-corrected chi connectivity index (χ1v) is 11.7. The molecular weight excluding hydrogens is 401 g/mol. The minimum atomic E-state index is -3.89. The number of amides is 1. The Morgan fingerprint density at radius 1 is 1.25 bits per heavy atom. The number of benzene rings is 1. The van der Waals surface area contributed by atoms with Gasteiger partial charge in [0, 0.05) is 25.8 Å². The topological polar surface area (TPSA) is 79.4 Å². The van der Waals surface area contributed by atoms with Crippen LogP contribution >= 0.6 is 11.8 Å². The molecule has 1 aromatic carbocycles. The van der Waals surface area contributed by atoms with Crippen LogP contribution in [0, 0.1) is 11.7 Å². The van der Waals surface area contributed by atoms with Gasteiger partial charge in [0.25, 0.3) is 5.91 Å². The molecule has 1 aliphatic rings. The van der Waals surface area contributed by atoms with Gasteiger partial charge in [-0.15, -0.1) is 11.8 Å². The molecule has 3 rings (SSSR count). The number of rotatable bonds is 6. The zero-order chi connectivity index (χ0) is 20.1. The maximum Gasteiger partial charge on any atom is 0.256 e. The third-order valence-corrected chi connectivity index (χ3v) is 6.95. The molecule has 0 spiro atoms. The molecule has 1 fully saturated rings. The molecule has 1 aliphatic heterocycles. The van der Waals surface area contributed by atoms with Crippen LogP contribution in [0.2, 0.25) is 0 Å². The second-order valence-corrected chi connectivity index (χ2v) is 9.11. The van der Waals surface area contributed by atoms with E-state index in [9.17, 15) is 17.6 Å². The summed E-state index contributed by atoms with van der Waals surface area (Å²) in [6, 6.07) is 8.83. The van der Waals surface area contributed by atoms with Crippen molar-refractivity contribution in [2.75, 3.05) is 25.9 Å². The highest BCUT2D eigenvalue weighted by Crippen LogP contribution is 2.23. The lowest BCUT2D eigenvalue weighted by atomic mass is 9.97. The molecule has 0 atom stereocenters. The van der Waals surface area contributed by atoms with Crippen molar-refractivity contribution in [3.05, 3.63) is 54.0 Å². The van der Waals surface area contributed by atoms with Crippen molar-refractivity contribution in [2.45, 2.75) is 22.8 Å². The molecule has 2 aromatic rings. The monoisotopic (exact) mass is 423 g/mol. The predicted molar refractivity (Wildman–Crippen MR) is 106 cm³/mol. The Balaban J connectivity index is 1.56. The van der Waals surface area contributed by atoms with Gasteiger partial charge >= 0.3 is 0 Å². The third kappa shape index (κ3) is 4.71. The Kier molecular flexibility index (Phi) is 6.69. The largest absolute Gasteiger partial charge is 0.339 e. The standard InChI is InChI=1S/C19H22FN3O3S2/c1-27-18-15(5-4-10-21-18)19(24)23-11-8-14(9-12-23)13-22-28(25,26)17-7-3-2-6-16(17)20/h2-7,10,14,22H,8-9,11-13H2,1H3. The molecule has 2 heterocycles. The summed E-state index contributed by atoms with van der Waals surface area (Å²) in [7, 11) is -3.89. The first-order chi connectivity index (χ1) is 13.4. The number of piperidine rings is 1. The number of carbonyl (C=O) groups excluding carboxylic acids is 1. The molecule has 1 N–H and O–H groups in total. The number of hydrogen-bond acceptors (Lipinski definition) is 5. The second-order valence-electron chi connectivity index (χ2n) is 6.58. The summed E-state index contributed by atoms with van der Waals surface area (Å²) >= 11 is 1.43. The number of carbonyl (C=O) groups is 1. The number of nitrogens with zero attached hydrogens (tertiary/aromatic N) is 2. The lowest BCUT2D eigenvalue weighted by Gasteiger charge is -2.32. The molecule has 0 radical (unpaired) electrons. The lowest BCUT2D eigenvalue weighted by molar-refractivity contribution is 0.0687. The molecular formula is C19H22FN3O3S2. The van der Waals surface area contributed by atoms with Crippen LogP contribution in [-0.2, 0) is 10.0 Å². The fraction of sp³-hybridized carbons (Fsp3) is 0.368. The van der Waals surface area contributed by atoms with Crippen LogP contribution in [0.15, 0.2) is 52.5 Å². The van der Waals surface area contributed by atoms with E-state index < -0.39 is 15.8 Å². The van der Waals surface area contributed by atoms with E-state index >= 15 is 0 Å². The number of sulfonamides is 1. The van der Waals surface area contributed by atoms with Crippen LogP contribution in [0.3, 0.4) is 0 Å². The number of thioether (sulfide) groups is 1. The summed E-state index contributed by atoms with van der Waals surface area (Å²) < 4.78 is 40.8. The number of nitrogens with one attached hydrogen (secondary N) is 1. The predicted octanol–water partition coefficient (Wildman–Crippen LogP) is 2.77. The van der Waals surface area contributed by atoms with Crippen LogP contribution in [0.4, 0.5) is 4.39 Å². The van der Waals surface area contributed by atoms with Gasteiger partial charge in [-0.3, -0.25) is 4.79 Å². The van der Waals surface area contributed by atoms with Crippen molar-refractivity contribution in [1.82, 2.24) is 14.6 Å². The van der Waals surface area contributed by atoms with E-state index in [1.165, 1.54) is 30.0 Å². The molecule has 0 unspecified atom stereocenters. The van der Waals surface area contributed by atoms with Gasteiger partial charge in [0.1, 0.15) is 15.7 Å². The summed E-state index contributed by atoms with van der Waals surface area (Å²) in [6.45, 7) is 1.32. The summed E-state index contributed by atoms with van der Waals surface area (Å²) in [6.07, 6.45) is 4.91. The molecule has 6 nitrogen and oxygen atoms in total. The minimum Gasteiger partial charge on any atom is -0.339 e. The van der Waals surface area contributed by atoms with Gasteiger partial charge < -0.3 is 4.90 Å². The summed E-state index contributed by atoms with van der Waals surface area (Å²) in [4.78, 5) is 18.4. The number of hydrogen-bond donors (Lipinski definition) is 1. The molecule has 1 amide bonds. The van der Waals surface area contributed by atoms with Gasteiger partial charge in [-0.05, 0) is 49.3 Å². The van der Waals surface area contributed by atoms with Crippen LogP contribution in [0.1, 0.15) is 23.2 Å². The molecule has 0 saturated carbocycles. The number of halogens is 1. The quantitative estimate of drug-likeness (QED) is 0.723. The third-order valence-electron chi connectivity index (χ3n) is 4.78. The van der Waals surface area contributed by atoms with Crippen molar-refractivity contribution in [1.29, 1.82) is 0 Å². The Labute approximate surface area is 168 Å². The summed E-state index contributed by atoms with van der Waals surface area (Å²) in [5, 5.41) is 0.701. The van der Waals surface area contributed by atoms with E-state index in [4.69, 9.17) is 0 Å². The van der Waals surface area contributed by atoms with Crippen LogP contribution in [0.5, 0.6) is 0 Å². The van der Waals surface area contributed by atoms with Gasteiger partial charge in [0.15, 0.2) is 0 Å². The average molecular weight is 424 g/mol. The van der Waals surface area contributed by atoms with Gasteiger partial charge in [0.05, 0.1) is 5.56 Å². The van der Waals surface area contributed by atoms with Crippen molar-refractivity contribution < 1.29 is 17.6 Å². The SMILES string of the molecule is CSc1ncccc1C(=O)N1CCC(CNS(=O)(=O)c2ccccc2F)CC1. The first kappa shape index (κ1) is 20.8. The van der Waals surface area contributed by atoms with E-state index in [0.29, 0.717) is 36.5 Å². The number of likely N-dealkylation sites (tertiary alicyclic amines) is 1. The molecule has 1 saturated heterocycles. The van der Waals surface area contributed by atoms with Crippen molar-refractivity contribution in [3.8, 4) is 0 Å². The highest BCUT2D eigenvalue weighted by molar-refractivity contribution is 7.98. The highest BCUT2D eigenvalue weighted by atomic mass is 32.2. The zero-order valence-corrected chi connectivity index (χ0v) is 17.1. The fourth-order valence-corrected chi connectivity index (χ4v) is 4.93. The number of aromatic nitrogens is 1. The molecule has 150 valence electrons. The lowest BCUT2D eigenvalue weighted by Crippen LogP contribution is -2.41. The Morgan fingerprint density at radius 3 is 2.64 bits per heavy atom. The zero-order valence-electron chi connectivity index (χ0n) is 15.5. The summed E-state index contributed by atoms with van der Waals surface area (Å²) in [5.41, 5.74) is 0.591. The molecule has 28 heavy (non-hydrogen) atoms. The maximum atomic E-state index is 13.7. The Bertz CT molecular complexity index is 945.